The molecule has 2 heterocycles. The van der Waals surface area contributed by atoms with Crippen molar-refractivity contribution in [1.82, 2.24) is 20.2 Å². The number of rotatable bonds is 4. The molecule has 0 amide bonds. The lowest BCUT2D eigenvalue weighted by Crippen LogP contribution is -2.10. The lowest BCUT2D eigenvalue weighted by molar-refractivity contribution is 0.148. The number of aromatic nitrogens is 4. The fourth-order valence-corrected chi connectivity index (χ4v) is 3.02. The Morgan fingerprint density at radius 2 is 2.25 bits per heavy atom. The van der Waals surface area contributed by atoms with Crippen LogP contribution in [0.2, 0.25) is 0 Å². The SMILES string of the molecule is O[C@@H](Cn1nnc(CCl)n1)c1cc2ccc(F)cc2s1. The van der Waals surface area contributed by atoms with Crippen molar-refractivity contribution in [2.24, 2.45) is 0 Å². The van der Waals surface area contributed by atoms with Crippen LogP contribution in [0.25, 0.3) is 10.1 Å². The second-order valence-corrected chi connectivity index (χ2v) is 5.62. The first-order valence-electron chi connectivity index (χ1n) is 5.85. The van der Waals surface area contributed by atoms with Crippen LogP contribution in [0.4, 0.5) is 4.39 Å². The van der Waals surface area contributed by atoms with Crippen molar-refractivity contribution in [2.45, 2.75) is 18.5 Å². The molecule has 0 saturated heterocycles. The van der Waals surface area contributed by atoms with Crippen molar-refractivity contribution >= 4 is 33.0 Å². The Labute approximate surface area is 122 Å². The zero-order valence-electron chi connectivity index (χ0n) is 10.2. The van der Waals surface area contributed by atoms with Crippen LogP contribution in [-0.2, 0) is 12.4 Å². The van der Waals surface area contributed by atoms with Gasteiger partial charge in [0.05, 0.1) is 12.4 Å². The van der Waals surface area contributed by atoms with Gasteiger partial charge in [-0.2, -0.15) is 4.80 Å². The van der Waals surface area contributed by atoms with Gasteiger partial charge in [0.1, 0.15) is 11.9 Å². The van der Waals surface area contributed by atoms with Crippen LogP contribution in [0, 0.1) is 5.82 Å². The van der Waals surface area contributed by atoms with Crippen LogP contribution < -0.4 is 0 Å². The van der Waals surface area contributed by atoms with E-state index in [1.807, 2.05) is 6.07 Å². The summed E-state index contributed by atoms with van der Waals surface area (Å²) in [4.78, 5) is 2.03. The topological polar surface area (TPSA) is 63.8 Å². The van der Waals surface area contributed by atoms with E-state index in [1.54, 1.807) is 6.07 Å². The van der Waals surface area contributed by atoms with Crippen molar-refractivity contribution in [3.8, 4) is 0 Å². The van der Waals surface area contributed by atoms with Gasteiger partial charge in [0.2, 0.25) is 0 Å². The third-order valence-electron chi connectivity index (χ3n) is 2.78. The van der Waals surface area contributed by atoms with Gasteiger partial charge >= 0.3 is 0 Å². The third kappa shape index (κ3) is 2.65. The Kier molecular flexibility index (Phi) is 3.64. The van der Waals surface area contributed by atoms with E-state index in [9.17, 15) is 9.50 Å². The highest BCUT2D eigenvalue weighted by Crippen LogP contribution is 2.30. The summed E-state index contributed by atoms with van der Waals surface area (Å²) < 4.78 is 13.9. The fourth-order valence-electron chi connectivity index (χ4n) is 1.84. The molecule has 20 heavy (non-hydrogen) atoms. The summed E-state index contributed by atoms with van der Waals surface area (Å²) in [5.41, 5.74) is 0. The van der Waals surface area contributed by atoms with E-state index in [2.05, 4.69) is 15.4 Å². The van der Waals surface area contributed by atoms with Crippen LogP contribution in [-0.4, -0.2) is 25.3 Å². The Bertz CT molecular complexity index is 744. The highest BCUT2D eigenvalue weighted by molar-refractivity contribution is 7.19. The molecule has 1 N–H and O–H groups in total. The first kappa shape index (κ1) is 13.4. The van der Waals surface area contributed by atoms with Gasteiger partial charge in [-0.05, 0) is 28.8 Å². The summed E-state index contributed by atoms with van der Waals surface area (Å²) in [6.45, 7) is 0.180. The lowest BCUT2D eigenvalue weighted by Gasteiger charge is -2.05. The van der Waals surface area contributed by atoms with Crippen LogP contribution in [0.1, 0.15) is 16.8 Å². The molecule has 0 saturated carbocycles. The van der Waals surface area contributed by atoms with Gasteiger partial charge in [-0.3, -0.25) is 0 Å². The molecule has 3 aromatic rings. The molecule has 0 aliphatic heterocycles. The third-order valence-corrected chi connectivity index (χ3v) is 4.22. The molecule has 0 radical (unpaired) electrons. The molecule has 2 aromatic heterocycles. The van der Waals surface area contributed by atoms with Crippen molar-refractivity contribution in [3.63, 3.8) is 0 Å². The van der Waals surface area contributed by atoms with E-state index < -0.39 is 6.10 Å². The Balaban J connectivity index is 1.82. The molecule has 0 spiro atoms. The summed E-state index contributed by atoms with van der Waals surface area (Å²) in [7, 11) is 0. The van der Waals surface area contributed by atoms with Gasteiger partial charge in [-0.1, -0.05) is 6.07 Å². The number of hydrogen-bond acceptors (Lipinski definition) is 5. The summed E-state index contributed by atoms with van der Waals surface area (Å²) in [6.07, 6.45) is -0.771. The molecule has 0 unspecified atom stereocenters. The van der Waals surface area contributed by atoms with E-state index in [4.69, 9.17) is 11.6 Å². The number of benzene rings is 1. The highest BCUT2D eigenvalue weighted by Gasteiger charge is 2.14. The number of alkyl halides is 1. The fraction of sp³-hybridized carbons (Fsp3) is 0.250. The zero-order chi connectivity index (χ0) is 14.1. The Hall–Kier alpha value is -1.57. The molecule has 0 aliphatic rings. The zero-order valence-corrected chi connectivity index (χ0v) is 11.8. The van der Waals surface area contributed by atoms with Crippen molar-refractivity contribution < 1.29 is 9.50 Å². The molecule has 3 rings (SSSR count). The normalized spacial score (nSPS) is 12.9. The molecular weight excluding hydrogens is 303 g/mol. The second-order valence-electron chi connectivity index (χ2n) is 4.24. The predicted octanol–water partition coefficient (Wildman–Crippen LogP) is 2.50. The summed E-state index contributed by atoms with van der Waals surface area (Å²) >= 11 is 6.93. The maximum atomic E-state index is 13.1. The molecule has 0 aliphatic carbocycles. The maximum Gasteiger partial charge on any atom is 0.189 e. The molecule has 1 atom stereocenters. The number of tetrazole rings is 1. The number of halogens is 2. The average Bonchev–Trinajstić information content (AvgIpc) is 3.04. The van der Waals surface area contributed by atoms with E-state index >= 15 is 0 Å². The molecule has 0 fully saturated rings. The second kappa shape index (κ2) is 5.43. The minimum absolute atomic E-state index is 0.179. The predicted molar refractivity (Wildman–Crippen MR) is 74.1 cm³/mol. The number of thiophene rings is 1. The quantitative estimate of drug-likeness (QED) is 0.752. The van der Waals surface area contributed by atoms with Crippen molar-refractivity contribution in [1.29, 1.82) is 0 Å². The number of fused-ring (bicyclic) bond motifs is 1. The molecular formula is C12H10ClFN4OS. The van der Waals surface area contributed by atoms with Gasteiger partial charge in [0, 0.05) is 9.58 Å². The number of aliphatic hydroxyl groups excluding tert-OH is 1. The Morgan fingerprint density at radius 1 is 1.40 bits per heavy atom. The van der Waals surface area contributed by atoms with Crippen molar-refractivity contribution in [2.75, 3.05) is 0 Å². The Morgan fingerprint density at radius 3 is 3.00 bits per heavy atom. The van der Waals surface area contributed by atoms with Gasteiger partial charge < -0.3 is 5.11 Å². The number of aliphatic hydroxyl groups is 1. The lowest BCUT2D eigenvalue weighted by atomic mass is 10.2. The molecule has 0 bridgehead atoms. The largest absolute Gasteiger partial charge is 0.386 e. The van der Waals surface area contributed by atoms with Crippen molar-refractivity contribution in [3.05, 3.63) is 40.8 Å². The summed E-state index contributed by atoms with van der Waals surface area (Å²) in [6, 6.07) is 6.38. The monoisotopic (exact) mass is 312 g/mol. The van der Waals surface area contributed by atoms with E-state index in [0.717, 1.165) is 15.0 Å². The van der Waals surface area contributed by atoms with Gasteiger partial charge in [0.25, 0.3) is 0 Å². The van der Waals surface area contributed by atoms with E-state index in [0.29, 0.717) is 5.82 Å². The molecule has 8 heteroatoms. The van der Waals surface area contributed by atoms with Crippen LogP contribution in [0.5, 0.6) is 0 Å². The van der Waals surface area contributed by atoms with E-state index in [1.165, 1.54) is 28.3 Å². The molecule has 104 valence electrons. The minimum atomic E-state index is -0.771. The molecule has 5 nitrogen and oxygen atoms in total. The first-order valence-corrected chi connectivity index (χ1v) is 7.20. The standard InChI is InChI=1S/C12H10ClFN4OS/c13-5-12-15-17-18(16-12)6-9(19)11-3-7-1-2-8(14)4-10(7)20-11/h1-4,9,19H,5-6H2/t9-/m0/s1. The average molecular weight is 313 g/mol. The molecule has 1 aromatic carbocycles. The highest BCUT2D eigenvalue weighted by atomic mass is 35.5. The van der Waals surface area contributed by atoms with Crippen LogP contribution in [0.15, 0.2) is 24.3 Å². The minimum Gasteiger partial charge on any atom is -0.386 e. The van der Waals surface area contributed by atoms with Gasteiger partial charge in [0.15, 0.2) is 5.82 Å². The van der Waals surface area contributed by atoms with Crippen LogP contribution in [0.3, 0.4) is 0 Å². The number of nitrogens with zero attached hydrogens (tertiary/aromatic N) is 4. The van der Waals surface area contributed by atoms with Gasteiger partial charge in [-0.25, -0.2) is 4.39 Å². The smallest absolute Gasteiger partial charge is 0.189 e. The van der Waals surface area contributed by atoms with Crippen LogP contribution >= 0.6 is 22.9 Å². The van der Waals surface area contributed by atoms with Gasteiger partial charge in [-0.15, -0.1) is 33.1 Å². The summed E-state index contributed by atoms with van der Waals surface area (Å²) in [5, 5.41) is 22.6. The number of hydrogen-bond donors (Lipinski definition) is 1. The first-order chi connectivity index (χ1) is 9.65. The maximum absolute atomic E-state index is 13.1. The van der Waals surface area contributed by atoms with E-state index in [-0.39, 0.29) is 18.2 Å². The summed E-state index contributed by atoms with van der Waals surface area (Å²) in [5.74, 6) is 0.306.